The van der Waals surface area contributed by atoms with Crippen LogP contribution in [0.5, 0.6) is 0 Å². The van der Waals surface area contributed by atoms with E-state index in [2.05, 4.69) is 54.5 Å². The van der Waals surface area contributed by atoms with Crippen molar-refractivity contribution in [1.82, 2.24) is 9.44 Å². The Morgan fingerprint density at radius 2 is 1.32 bits per heavy atom. The fourth-order valence-corrected chi connectivity index (χ4v) is 11.8. The fraction of sp³-hybridized carbons (Fsp3) is 0.429. The van der Waals surface area contributed by atoms with Gasteiger partial charge < -0.3 is 4.43 Å². The molecule has 0 fully saturated rings. The van der Waals surface area contributed by atoms with Gasteiger partial charge in [0.2, 0.25) is 20.0 Å². The summed E-state index contributed by atoms with van der Waals surface area (Å²) in [5, 5.41) is 2.03. The monoisotopic (exact) mass is 576 g/mol. The van der Waals surface area contributed by atoms with E-state index in [-0.39, 0.29) is 28.7 Å². The molecule has 208 valence electrons. The van der Waals surface area contributed by atoms with E-state index in [0.29, 0.717) is 6.42 Å². The van der Waals surface area contributed by atoms with Crippen molar-refractivity contribution in [3.63, 3.8) is 0 Å². The highest BCUT2D eigenvalue weighted by molar-refractivity contribution is 7.93. The van der Waals surface area contributed by atoms with E-state index in [0.717, 1.165) is 22.2 Å². The zero-order valence-corrected chi connectivity index (χ0v) is 26.0. The van der Waals surface area contributed by atoms with Gasteiger partial charge in [-0.15, -0.1) is 0 Å². The summed E-state index contributed by atoms with van der Waals surface area (Å²) in [6.07, 6.45) is 3.31. The summed E-state index contributed by atoms with van der Waals surface area (Å²) in [6, 6.07) is 20.5. The third kappa shape index (κ3) is 7.23. The predicted octanol–water partition coefficient (Wildman–Crippen LogP) is 3.76. The van der Waals surface area contributed by atoms with Gasteiger partial charge in [-0.05, 0) is 60.7 Å². The van der Waals surface area contributed by atoms with Crippen LogP contribution < -0.4 is 19.8 Å². The summed E-state index contributed by atoms with van der Waals surface area (Å²) in [5.41, 5.74) is 0.226. The standard InChI is InChI=1S/C28H40N2O5S2Si/c1-27(2,3)30-37(33,34)26-20-22(18-19-25(26)29-36(7,31)32)21-35-38(28(4,5)6,23-14-10-8-11-15-23)24-16-12-9-13-17-24/h8-17,20,29-30H,18-19,21H2,1-7H3. The van der Waals surface area contributed by atoms with Crippen LogP contribution in [-0.2, 0) is 24.5 Å². The van der Waals surface area contributed by atoms with Gasteiger partial charge in [-0.25, -0.2) is 21.6 Å². The number of allylic oxidation sites excluding steroid dienone is 2. The first kappa shape index (κ1) is 30.3. The molecule has 2 N–H and O–H groups in total. The summed E-state index contributed by atoms with van der Waals surface area (Å²) < 4.78 is 62.8. The van der Waals surface area contributed by atoms with Gasteiger partial charge in [-0.2, -0.15) is 0 Å². The molecular formula is C28H40N2O5S2Si. The van der Waals surface area contributed by atoms with Crippen molar-refractivity contribution in [1.29, 1.82) is 0 Å². The van der Waals surface area contributed by atoms with Crippen LogP contribution in [0, 0.1) is 0 Å². The molecular weight excluding hydrogens is 537 g/mol. The average Bonchev–Trinajstić information content (AvgIpc) is 2.78. The Morgan fingerprint density at radius 3 is 1.74 bits per heavy atom. The fourth-order valence-electron chi connectivity index (χ4n) is 4.85. The lowest BCUT2D eigenvalue weighted by Crippen LogP contribution is -2.66. The van der Waals surface area contributed by atoms with E-state index >= 15 is 0 Å². The first-order valence-corrected chi connectivity index (χ1v) is 17.9. The smallest absolute Gasteiger partial charge is 0.261 e. The van der Waals surface area contributed by atoms with Crippen molar-refractivity contribution in [2.75, 3.05) is 12.9 Å². The lowest BCUT2D eigenvalue weighted by atomic mass is 10.0. The Kier molecular flexibility index (Phi) is 8.84. The molecule has 0 aromatic heterocycles. The van der Waals surface area contributed by atoms with Gasteiger partial charge in [0.25, 0.3) is 8.32 Å². The summed E-state index contributed by atoms with van der Waals surface area (Å²) in [5.74, 6) is 0. The largest absolute Gasteiger partial charge is 0.403 e. The van der Waals surface area contributed by atoms with Crippen molar-refractivity contribution in [3.8, 4) is 0 Å². The van der Waals surface area contributed by atoms with Gasteiger partial charge in [0, 0.05) is 11.2 Å². The molecule has 1 aliphatic carbocycles. The number of nitrogens with one attached hydrogen (secondary N) is 2. The van der Waals surface area contributed by atoms with Gasteiger partial charge in [0.05, 0.1) is 12.9 Å². The van der Waals surface area contributed by atoms with Gasteiger partial charge in [-0.3, -0.25) is 4.72 Å². The van der Waals surface area contributed by atoms with E-state index < -0.39 is 33.9 Å². The zero-order valence-electron chi connectivity index (χ0n) is 23.3. The Hall–Kier alpha value is -2.24. The third-order valence-electron chi connectivity index (χ3n) is 6.26. The van der Waals surface area contributed by atoms with Crippen LogP contribution in [0.2, 0.25) is 5.04 Å². The summed E-state index contributed by atoms with van der Waals surface area (Å²) in [4.78, 5) is -0.0647. The highest BCUT2D eigenvalue weighted by atomic mass is 32.2. The van der Waals surface area contributed by atoms with Crippen molar-refractivity contribution in [2.24, 2.45) is 0 Å². The second kappa shape index (κ2) is 11.1. The van der Waals surface area contributed by atoms with Crippen molar-refractivity contribution in [3.05, 3.63) is 82.9 Å². The van der Waals surface area contributed by atoms with E-state index in [1.54, 1.807) is 26.8 Å². The molecule has 0 atom stereocenters. The molecule has 2 aromatic rings. The van der Waals surface area contributed by atoms with E-state index in [9.17, 15) is 16.8 Å². The molecule has 0 aliphatic heterocycles. The van der Waals surface area contributed by atoms with Gasteiger partial charge in [0.15, 0.2) is 0 Å². The Bertz CT molecular complexity index is 1370. The summed E-state index contributed by atoms with van der Waals surface area (Å²) >= 11 is 0. The average molecular weight is 577 g/mol. The molecule has 0 heterocycles. The molecule has 0 saturated carbocycles. The second-order valence-electron chi connectivity index (χ2n) is 11.8. The predicted molar refractivity (Wildman–Crippen MR) is 158 cm³/mol. The van der Waals surface area contributed by atoms with Crippen LogP contribution in [0.3, 0.4) is 0 Å². The summed E-state index contributed by atoms with van der Waals surface area (Å²) in [6.45, 7) is 12.0. The highest BCUT2D eigenvalue weighted by Gasteiger charge is 2.50. The van der Waals surface area contributed by atoms with Crippen LogP contribution >= 0.6 is 0 Å². The molecule has 0 unspecified atom stereocenters. The molecule has 0 spiro atoms. The van der Waals surface area contributed by atoms with Crippen LogP contribution in [0.15, 0.2) is 82.9 Å². The SMILES string of the molecule is CC(C)(C)NS(=O)(=O)C1=C(NS(C)(=O)=O)CCC(CO[Si](c2ccccc2)(c2ccccc2)C(C)(C)C)=C1. The maximum atomic E-state index is 13.4. The molecule has 10 heteroatoms. The summed E-state index contributed by atoms with van der Waals surface area (Å²) in [7, 11) is -10.5. The Labute approximate surface area is 229 Å². The van der Waals surface area contributed by atoms with Crippen LogP contribution in [0.4, 0.5) is 0 Å². The van der Waals surface area contributed by atoms with E-state index in [1.807, 2.05) is 36.4 Å². The minimum atomic E-state index is -4.00. The van der Waals surface area contributed by atoms with Crippen LogP contribution in [-0.4, -0.2) is 43.6 Å². The Balaban J connectivity index is 2.10. The number of sulfonamides is 2. The molecule has 2 aromatic carbocycles. The number of hydrogen-bond donors (Lipinski definition) is 2. The lowest BCUT2D eigenvalue weighted by Gasteiger charge is -2.43. The molecule has 38 heavy (non-hydrogen) atoms. The quantitative estimate of drug-likeness (QED) is 0.443. The van der Waals surface area contributed by atoms with Gasteiger partial charge >= 0.3 is 0 Å². The normalized spacial score (nSPS) is 15.8. The number of rotatable bonds is 9. The molecule has 0 amide bonds. The van der Waals surface area contributed by atoms with Gasteiger partial charge in [-0.1, -0.05) is 81.4 Å². The van der Waals surface area contributed by atoms with E-state index in [1.165, 1.54) is 0 Å². The molecule has 7 nitrogen and oxygen atoms in total. The van der Waals surface area contributed by atoms with Crippen molar-refractivity contribution < 1.29 is 21.3 Å². The van der Waals surface area contributed by atoms with Crippen molar-refractivity contribution in [2.45, 2.75) is 65.0 Å². The Morgan fingerprint density at radius 1 is 0.816 bits per heavy atom. The highest BCUT2D eigenvalue weighted by Crippen LogP contribution is 2.38. The third-order valence-corrected chi connectivity index (χ3v) is 13.7. The second-order valence-corrected chi connectivity index (χ2v) is 19.5. The van der Waals surface area contributed by atoms with Crippen LogP contribution in [0.25, 0.3) is 0 Å². The first-order valence-electron chi connectivity index (χ1n) is 12.6. The molecule has 0 saturated heterocycles. The maximum absolute atomic E-state index is 13.4. The molecule has 0 bridgehead atoms. The first-order chi connectivity index (χ1) is 17.4. The minimum Gasteiger partial charge on any atom is -0.403 e. The number of hydrogen-bond acceptors (Lipinski definition) is 5. The van der Waals surface area contributed by atoms with E-state index in [4.69, 9.17) is 4.43 Å². The molecule has 0 radical (unpaired) electrons. The van der Waals surface area contributed by atoms with Crippen LogP contribution in [0.1, 0.15) is 54.4 Å². The van der Waals surface area contributed by atoms with Crippen molar-refractivity contribution >= 4 is 38.7 Å². The molecule has 3 rings (SSSR count). The minimum absolute atomic E-state index is 0.0647. The molecule has 1 aliphatic rings. The number of benzene rings is 2. The topological polar surface area (TPSA) is 102 Å². The maximum Gasteiger partial charge on any atom is 0.261 e. The lowest BCUT2D eigenvalue weighted by molar-refractivity contribution is 0.325. The van der Waals surface area contributed by atoms with Gasteiger partial charge in [0.1, 0.15) is 4.91 Å². The zero-order chi connectivity index (χ0) is 28.4.